The molecule has 1 fully saturated rings. The zero-order valence-electron chi connectivity index (χ0n) is 14.1. The van der Waals surface area contributed by atoms with Gasteiger partial charge in [0.1, 0.15) is 11.3 Å². The molecule has 1 aliphatic carbocycles. The maximum absolute atomic E-state index is 12.7. The highest BCUT2D eigenvalue weighted by molar-refractivity contribution is 7.19. The van der Waals surface area contributed by atoms with Gasteiger partial charge in [0.15, 0.2) is 0 Å². The highest BCUT2D eigenvalue weighted by Crippen LogP contribution is 2.35. The van der Waals surface area contributed by atoms with Gasteiger partial charge in [0.05, 0.1) is 12.2 Å². The number of thiophene rings is 1. The van der Waals surface area contributed by atoms with Crippen molar-refractivity contribution in [3.05, 3.63) is 28.6 Å². The molecule has 1 heterocycles. The number of carbonyl (C=O) groups is 2. The van der Waals surface area contributed by atoms with Crippen LogP contribution >= 0.6 is 11.3 Å². The van der Waals surface area contributed by atoms with Gasteiger partial charge in [-0.2, -0.15) is 0 Å². The SMILES string of the molecule is Cc1sc2ccc(OCC3CC3)cc2c1C(=O)NC(C)(C)C(N)=O. The van der Waals surface area contributed by atoms with Crippen molar-refractivity contribution >= 4 is 33.2 Å². The first kappa shape index (κ1) is 16.8. The van der Waals surface area contributed by atoms with E-state index < -0.39 is 11.4 Å². The predicted molar refractivity (Wildman–Crippen MR) is 95.5 cm³/mol. The van der Waals surface area contributed by atoms with E-state index in [0.717, 1.165) is 27.3 Å². The zero-order valence-corrected chi connectivity index (χ0v) is 15.0. The van der Waals surface area contributed by atoms with Gasteiger partial charge in [-0.05, 0) is 57.7 Å². The molecular formula is C18H22N2O3S. The largest absolute Gasteiger partial charge is 0.493 e. The van der Waals surface area contributed by atoms with E-state index in [4.69, 9.17) is 10.5 Å². The predicted octanol–water partition coefficient (Wildman–Crippen LogP) is 2.99. The third kappa shape index (κ3) is 3.38. The fraction of sp³-hybridized carbons (Fsp3) is 0.444. The number of carbonyl (C=O) groups excluding carboxylic acids is 2. The Balaban J connectivity index is 1.90. The fourth-order valence-electron chi connectivity index (χ4n) is 2.48. The van der Waals surface area contributed by atoms with Crippen LogP contribution in [0.5, 0.6) is 5.75 Å². The monoisotopic (exact) mass is 346 g/mol. The molecule has 1 saturated carbocycles. The molecule has 2 amide bonds. The second-order valence-electron chi connectivity index (χ2n) is 6.89. The van der Waals surface area contributed by atoms with E-state index in [9.17, 15) is 9.59 Å². The number of benzene rings is 1. The van der Waals surface area contributed by atoms with Crippen molar-refractivity contribution in [3.63, 3.8) is 0 Å². The Morgan fingerprint density at radius 1 is 1.38 bits per heavy atom. The van der Waals surface area contributed by atoms with E-state index in [1.807, 2.05) is 25.1 Å². The smallest absolute Gasteiger partial charge is 0.253 e. The van der Waals surface area contributed by atoms with E-state index in [0.29, 0.717) is 11.5 Å². The maximum Gasteiger partial charge on any atom is 0.253 e. The molecule has 0 unspecified atom stereocenters. The lowest BCUT2D eigenvalue weighted by Gasteiger charge is -2.22. The minimum Gasteiger partial charge on any atom is -0.493 e. The topological polar surface area (TPSA) is 81.4 Å². The summed E-state index contributed by atoms with van der Waals surface area (Å²) in [6, 6.07) is 5.83. The number of rotatable bonds is 6. The van der Waals surface area contributed by atoms with E-state index in [1.165, 1.54) is 12.8 Å². The number of nitrogens with two attached hydrogens (primary N) is 1. The van der Waals surface area contributed by atoms with Gasteiger partial charge in [-0.25, -0.2) is 0 Å². The lowest BCUT2D eigenvalue weighted by atomic mass is 10.0. The van der Waals surface area contributed by atoms with Crippen molar-refractivity contribution in [2.45, 2.75) is 39.2 Å². The molecule has 6 heteroatoms. The van der Waals surface area contributed by atoms with Crippen molar-refractivity contribution in [1.82, 2.24) is 5.32 Å². The molecule has 0 saturated heterocycles. The minimum absolute atomic E-state index is 0.290. The number of amides is 2. The van der Waals surface area contributed by atoms with Crippen LogP contribution in [0.15, 0.2) is 18.2 Å². The van der Waals surface area contributed by atoms with Crippen LogP contribution in [-0.2, 0) is 4.79 Å². The van der Waals surface area contributed by atoms with Crippen LogP contribution in [0, 0.1) is 12.8 Å². The summed E-state index contributed by atoms with van der Waals surface area (Å²) >= 11 is 1.55. The normalized spacial score (nSPS) is 14.6. The first-order valence-corrected chi connectivity index (χ1v) is 8.88. The second-order valence-corrected chi connectivity index (χ2v) is 8.15. The standard InChI is InChI=1S/C18H22N2O3S/c1-10-15(16(21)20-18(2,3)17(19)22)13-8-12(6-7-14(13)24-10)23-9-11-4-5-11/h6-8,11H,4-5,9H2,1-3H3,(H2,19,22)(H,20,21). The van der Waals surface area contributed by atoms with Gasteiger partial charge in [-0.1, -0.05) is 0 Å². The highest BCUT2D eigenvalue weighted by atomic mass is 32.1. The Morgan fingerprint density at radius 2 is 2.08 bits per heavy atom. The number of nitrogens with one attached hydrogen (secondary N) is 1. The summed E-state index contributed by atoms with van der Waals surface area (Å²) in [6.07, 6.45) is 2.46. The maximum atomic E-state index is 12.7. The Bertz CT molecular complexity index is 806. The van der Waals surface area contributed by atoms with Crippen molar-refractivity contribution in [1.29, 1.82) is 0 Å². The quantitative estimate of drug-likeness (QED) is 0.843. The van der Waals surface area contributed by atoms with Gasteiger partial charge in [-0.15, -0.1) is 11.3 Å². The lowest BCUT2D eigenvalue weighted by molar-refractivity contribution is -0.122. The lowest BCUT2D eigenvalue weighted by Crippen LogP contribution is -2.53. The minimum atomic E-state index is -1.10. The van der Waals surface area contributed by atoms with Crippen molar-refractivity contribution in [3.8, 4) is 5.75 Å². The Kier molecular flexibility index (Phi) is 4.25. The number of aryl methyl sites for hydroxylation is 1. The number of primary amides is 1. The Hall–Kier alpha value is -2.08. The van der Waals surface area contributed by atoms with Crippen LogP contribution in [0.1, 0.15) is 41.9 Å². The zero-order chi connectivity index (χ0) is 17.5. The van der Waals surface area contributed by atoms with Crippen LogP contribution < -0.4 is 15.8 Å². The first-order chi connectivity index (χ1) is 11.3. The van der Waals surface area contributed by atoms with Crippen molar-refractivity contribution in [2.75, 3.05) is 6.61 Å². The molecule has 0 spiro atoms. The summed E-state index contributed by atoms with van der Waals surface area (Å²) in [5, 5.41) is 3.57. The molecule has 0 radical (unpaired) electrons. The molecule has 3 rings (SSSR count). The summed E-state index contributed by atoms with van der Waals surface area (Å²) in [7, 11) is 0. The third-order valence-corrected chi connectivity index (χ3v) is 5.37. The fourth-order valence-corrected chi connectivity index (χ4v) is 3.52. The Labute approximate surface area is 145 Å². The average Bonchev–Trinajstić information content (AvgIpc) is 3.25. The van der Waals surface area contributed by atoms with Gasteiger partial charge in [-0.3, -0.25) is 9.59 Å². The summed E-state index contributed by atoms with van der Waals surface area (Å²) in [5.41, 5.74) is 4.83. The van der Waals surface area contributed by atoms with Crippen LogP contribution in [-0.4, -0.2) is 24.0 Å². The van der Waals surface area contributed by atoms with Gasteiger partial charge < -0.3 is 15.8 Å². The molecule has 1 aromatic heterocycles. The summed E-state index contributed by atoms with van der Waals surface area (Å²) in [4.78, 5) is 25.1. The molecule has 0 bridgehead atoms. The molecule has 5 nitrogen and oxygen atoms in total. The summed E-state index contributed by atoms with van der Waals surface area (Å²) in [6.45, 7) is 5.83. The van der Waals surface area contributed by atoms with Crippen LogP contribution in [0.25, 0.3) is 10.1 Å². The van der Waals surface area contributed by atoms with E-state index in [2.05, 4.69) is 5.32 Å². The number of ether oxygens (including phenoxy) is 1. The number of hydrogen-bond donors (Lipinski definition) is 2. The van der Waals surface area contributed by atoms with E-state index >= 15 is 0 Å². The van der Waals surface area contributed by atoms with Gasteiger partial charge in [0, 0.05) is 15.0 Å². The van der Waals surface area contributed by atoms with Gasteiger partial charge in [0.25, 0.3) is 5.91 Å². The van der Waals surface area contributed by atoms with E-state index in [1.54, 1.807) is 25.2 Å². The highest BCUT2D eigenvalue weighted by Gasteiger charge is 2.29. The average molecular weight is 346 g/mol. The summed E-state index contributed by atoms with van der Waals surface area (Å²) < 4.78 is 6.84. The van der Waals surface area contributed by atoms with Crippen molar-refractivity contribution < 1.29 is 14.3 Å². The third-order valence-electron chi connectivity index (χ3n) is 4.29. The Morgan fingerprint density at radius 3 is 2.71 bits per heavy atom. The molecule has 0 atom stereocenters. The van der Waals surface area contributed by atoms with Crippen molar-refractivity contribution in [2.24, 2.45) is 11.7 Å². The van der Waals surface area contributed by atoms with Gasteiger partial charge >= 0.3 is 0 Å². The first-order valence-electron chi connectivity index (χ1n) is 8.06. The molecule has 0 aliphatic heterocycles. The second kappa shape index (κ2) is 6.09. The molecule has 1 aromatic carbocycles. The van der Waals surface area contributed by atoms with Crippen LogP contribution in [0.4, 0.5) is 0 Å². The molecule has 24 heavy (non-hydrogen) atoms. The molecular weight excluding hydrogens is 324 g/mol. The molecule has 1 aliphatic rings. The molecule has 2 aromatic rings. The van der Waals surface area contributed by atoms with Gasteiger partial charge in [0.2, 0.25) is 5.91 Å². The van der Waals surface area contributed by atoms with E-state index in [-0.39, 0.29) is 5.91 Å². The van der Waals surface area contributed by atoms with Crippen LogP contribution in [0.3, 0.4) is 0 Å². The van der Waals surface area contributed by atoms with Crippen LogP contribution in [0.2, 0.25) is 0 Å². The number of hydrogen-bond acceptors (Lipinski definition) is 4. The molecule has 3 N–H and O–H groups in total. The molecule has 128 valence electrons. The summed E-state index contributed by atoms with van der Waals surface area (Å²) in [5.74, 6) is 0.586. The number of fused-ring (bicyclic) bond motifs is 1.